The van der Waals surface area contributed by atoms with E-state index in [2.05, 4.69) is 0 Å². The third kappa shape index (κ3) is 5.04. The molecule has 2 aliphatic heterocycles. The van der Waals surface area contributed by atoms with Gasteiger partial charge in [0.2, 0.25) is 5.91 Å². The first-order valence-electron chi connectivity index (χ1n) is 7.79. The Morgan fingerprint density at radius 1 is 1.25 bits per heavy atom. The Morgan fingerprint density at radius 2 is 2.05 bits per heavy atom. The number of nitrogens with zero attached hydrogens (tertiary/aromatic N) is 1. The largest absolute Gasteiger partial charge is 0.385 e. The third-order valence-corrected chi connectivity index (χ3v) is 4.09. The molecule has 5 nitrogen and oxygen atoms in total. The fourth-order valence-electron chi connectivity index (χ4n) is 2.90. The van der Waals surface area contributed by atoms with E-state index in [4.69, 9.17) is 14.2 Å². The minimum atomic E-state index is -0.336. The van der Waals surface area contributed by atoms with Crippen LogP contribution in [0.5, 0.6) is 0 Å². The molecular formula is C15H27NO4. The summed E-state index contributed by atoms with van der Waals surface area (Å²) in [7, 11) is 1.73. The van der Waals surface area contributed by atoms with Gasteiger partial charge in [-0.1, -0.05) is 6.42 Å². The lowest BCUT2D eigenvalue weighted by Crippen LogP contribution is -2.38. The van der Waals surface area contributed by atoms with E-state index >= 15 is 0 Å². The van der Waals surface area contributed by atoms with Crippen molar-refractivity contribution in [1.29, 1.82) is 0 Å². The van der Waals surface area contributed by atoms with Gasteiger partial charge in [0.1, 0.15) is 0 Å². The summed E-state index contributed by atoms with van der Waals surface area (Å²) in [5.74, 6) is 0.732. The number of carbonyl (C=O) groups excluding carboxylic acids is 1. The molecule has 5 heteroatoms. The van der Waals surface area contributed by atoms with Crippen LogP contribution < -0.4 is 0 Å². The summed E-state index contributed by atoms with van der Waals surface area (Å²) in [5, 5.41) is 0. The van der Waals surface area contributed by atoms with Crippen molar-refractivity contribution in [3.63, 3.8) is 0 Å². The molecule has 2 aliphatic rings. The second kappa shape index (κ2) is 8.60. The molecule has 1 amide bonds. The predicted octanol–water partition coefficient (Wildman–Crippen LogP) is 1.80. The Labute approximate surface area is 121 Å². The van der Waals surface area contributed by atoms with Gasteiger partial charge in [-0.25, -0.2) is 0 Å². The van der Waals surface area contributed by atoms with Crippen molar-refractivity contribution in [3.8, 4) is 0 Å². The van der Waals surface area contributed by atoms with Crippen LogP contribution in [0.1, 0.15) is 38.5 Å². The summed E-state index contributed by atoms with van der Waals surface area (Å²) in [6.07, 6.45) is 5.48. The molecule has 0 saturated carbocycles. The van der Waals surface area contributed by atoms with E-state index in [1.165, 1.54) is 12.8 Å². The van der Waals surface area contributed by atoms with Crippen molar-refractivity contribution in [2.45, 2.75) is 44.8 Å². The maximum atomic E-state index is 12.4. The van der Waals surface area contributed by atoms with Crippen LogP contribution >= 0.6 is 0 Å². The van der Waals surface area contributed by atoms with Gasteiger partial charge < -0.3 is 19.1 Å². The van der Waals surface area contributed by atoms with Gasteiger partial charge in [0.05, 0.1) is 19.6 Å². The first-order chi connectivity index (χ1) is 9.79. The van der Waals surface area contributed by atoms with Gasteiger partial charge in [-0.15, -0.1) is 0 Å². The highest BCUT2D eigenvalue weighted by molar-refractivity contribution is 5.76. The van der Waals surface area contributed by atoms with Crippen LogP contribution in [0, 0.1) is 5.92 Å². The van der Waals surface area contributed by atoms with Crippen molar-refractivity contribution in [1.82, 2.24) is 4.90 Å². The number of hydrogen-bond donors (Lipinski definition) is 0. The summed E-state index contributed by atoms with van der Waals surface area (Å²) in [5.41, 5.74) is 0. The van der Waals surface area contributed by atoms with E-state index in [0.29, 0.717) is 25.6 Å². The van der Waals surface area contributed by atoms with E-state index in [0.717, 1.165) is 39.0 Å². The van der Waals surface area contributed by atoms with Crippen molar-refractivity contribution in [2.24, 2.45) is 5.92 Å². The second-order valence-corrected chi connectivity index (χ2v) is 5.71. The molecule has 0 aliphatic carbocycles. The van der Waals surface area contributed by atoms with Gasteiger partial charge in [-0.05, 0) is 31.6 Å². The SMILES string of the molecule is COCCC1CCCCN(C(=O)CC2OCCCO2)C1. The highest BCUT2D eigenvalue weighted by Gasteiger charge is 2.25. The van der Waals surface area contributed by atoms with Gasteiger partial charge in [-0.3, -0.25) is 4.79 Å². The van der Waals surface area contributed by atoms with Gasteiger partial charge in [0, 0.05) is 26.8 Å². The molecule has 0 radical (unpaired) electrons. The maximum absolute atomic E-state index is 12.4. The highest BCUT2D eigenvalue weighted by atomic mass is 16.7. The zero-order valence-corrected chi connectivity index (χ0v) is 12.5. The van der Waals surface area contributed by atoms with Crippen LogP contribution in [0.2, 0.25) is 0 Å². The maximum Gasteiger partial charge on any atom is 0.227 e. The number of rotatable bonds is 5. The van der Waals surface area contributed by atoms with Gasteiger partial charge in [-0.2, -0.15) is 0 Å². The Balaban J connectivity index is 1.80. The highest BCUT2D eigenvalue weighted by Crippen LogP contribution is 2.21. The lowest BCUT2D eigenvalue weighted by molar-refractivity contribution is -0.187. The quantitative estimate of drug-likeness (QED) is 0.773. The molecule has 1 unspecified atom stereocenters. The first-order valence-corrected chi connectivity index (χ1v) is 7.79. The third-order valence-electron chi connectivity index (χ3n) is 4.09. The molecule has 2 fully saturated rings. The van der Waals surface area contributed by atoms with E-state index in [-0.39, 0.29) is 12.2 Å². The van der Waals surface area contributed by atoms with Crippen LogP contribution in [0.4, 0.5) is 0 Å². The molecule has 116 valence electrons. The number of carbonyl (C=O) groups is 1. The molecule has 0 N–H and O–H groups in total. The number of ether oxygens (including phenoxy) is 3. The Bertz CT molecular complexity index is 292. The zero-order valence-electron chi connectivity index (χ0n) is 12.5. The zero-order chi connectivity index (χ0) is 14.2. The molecule has 2 saturated heterocycles. The number of methoxy groups -OCH3 is 1. The van der Waals surface area contributed by atoms with E-state index < -0.39 is 0 Å². The number of likely N-dealkylation sites (tertiary alicyclic amines) is 1. The van der Waals surface area contributed by atoms with Gasteiger partial charge in [0.15, 0.2) is 6.29 Å². The molecule has 0 aromatic carbocycles. The van der Waals surface area contributed by atoms with Crippen molar-refractivity contribution >= 4 is 5.91 Å². The van der Waals surface area contributed by atoms with Gasteiger partial charge >= 0.3 is 0 Å². The first kappa shape index (κ1) is 15.7. The molecule has 2 heterocycles. The summed E-state index contributed by atoms with van der Waals surface area (Å²) >= 11 is 0. The van der Waals surface area contributed by atoms with Crippen LogP contribution in [0.15, 0.2) is 0 Å². The Hall–Kier alpha value is -0.650. The average Bonchev–Trinajstić information content (AvgIpc) is 2.72. The topological polar surface area (TPSA) is 48.0 Å². The number of hydrogen-bond acceptors (Lipinski definition) is 4. The monoisotopic (exact) mass is 285 g/mol. The number of amides is 1. The Morgan fingerprint density at radius 3 is 2.80 bits per heavy atom. The van der Waals surface area contributed by atoms with E-state index in [1.807, 2.05) is 4.90 Å². The minimum Gasteiger partial charge on any atom is -0.385 e. The summed E-state index contributed by atoms with van der Waals surface area (Å²) in [4.78, 5) is 14.4. The summed E-state index contributed by atoms with van der Waals surface area (Å²) in [6, 6.07) is 0. The molecule has 1 atom stereocenters. The van der Waals surface area contributed by atoms with E-state index in [9.17, 15) is 4.79 Å². The molecular weight excluding hydrogens is 258 g/mol. The van der Waals surface area contributed by atoms with Gasteiger partial charge in [0.25, 0.3) is 0 Å². The molecule has 0 aromatic rings. The lowest BCUT2D eigenvalue weighted by Gasteiger charge is -2.28. The normalized spacial score (nSPS) is 25.4. The molecule has 0 bridgehead atoms. The van der Waals surface area contributed by atoms with Crippen molar-refractivity contribution in [2.75, 3.05) is 40.0 Å². The van der Waals surface area contributed by atoms with E-state index in [1.54, 1.807) is 7.11 Å². The summed E-state index contributed by atoms with van der Waals surface area (Å²) < 4.78 is 16.1. The predicted molar refractivity (Wildman–Crippen MR) is 75.3 cm³/mol. The fraction of sp³-hybridized carbons (Fsp3) is 0.933. The molecule has 20 heavy (non-hydrogen) atoms. The minimum absolute atomic E-state index is 0.168. The molecule has 2 rings (SSSR count). The van der Waals surface area contributed by atoms with Crippen LogP contribution in [0.3, 0.4) is 0 Å². The van der Waals surface area contributed by atoms with Crippen LogP contribution in [-0.4, -0.2) is 57.1 Å². The smallest absolute Gasteiger partial charge is 0.227 e. The summed E-state index contributed by atoms with van der Waals surface area (Å²) in [6.45, 7) is 3.91. The molecule has 0 spiro atoms. The second-order valence-electron chi connectivity index (χ2n) is 5.71. The van der Waals surface area contributed by atoms with Crippen LogP contribution in [-0.2, 0) is 19.0 Å². The lowest BCUT2D eigenvalue weighted by atomic mass is 10.00. The fourth-order valence-corrected chi connectivity index (χ4v) is 2.90. The molecule has 0 aromatic heterocycles. The standard InChI is InChI=1S/C15H27NO4/c1-18-10-6-13-5-2-3-7-16(12-13)14(17)11-15-19-8-4-9-20-15/h13,15H,2-12H2,1H3. The van der Waals surface area contributed by atoms with Crippen LogP contribution in [0.25, 0.3) is 0 Å². The average molecular weight is 285 g/mol. The van der Waals surface area contributed by atoms with Crippen molar-refractivity contribution in [3.05, 3.63) is 0 Å². The Kier molecular flexibility index (Phi) is 6.76. The van der Waals surface area contributed by atoms with Crippen molar-refractivity contribution < 1.29 is 19.0 Å².